The quantitative estimate of drug-likeness (QED) is 0.787. The van der Waals surface area contributed by atoms with E-state index in [1.807, 2.05) is 4.68 Å². The summed E-state index contributed by atoms with van der Waals surface area (Å²) < 4.78 is 1.93. The zero-order valence-electron chi connectivity index (χ0n) is 10.1. The molecule has 0 atom stereocenters. The van der Waals surface area contributed by atoms with Gasteiger partial charge in [-0.25, -0.2) is 4.68 Å². The summed E-state index contributed by atoms with van der Waals surface area (Å²) >= 11 is 0. The summed E-state index contributed by atoms with van der Waals surface area (Å²) in [5, 5.41) is 8.38. The minimum atomic E-state index is 0.861. The summed E-state index contributed by atoms with van der Waals surface area (Å²) in [7, 11) is 0. The highest BCUT2D eigenvalue weighted by Gasteiger charge is 2.07. The molecule has 3 heteroatoms. The second-order valence-electron chi connectivity index (χ2n) is 3.86. The molecule has 1 heterocycles. The Morgan fingerprint density at radius 3 is 2.81 bits per heavy atom. The van der Waals surface area contributed by atoms with Crippen LogP contribution in [0.3, 0.4) is 0 Å². The lowest BCUT2D eigenvalue weighted by Crippen LogP contribution is -1.95. The number of benzene rings is 1. The van der Waals surface area contributed by atoms with Crippen molar-refractivity contribution in [3.8, 4) is 0 Å². The predicted molar refractivity (Wildman–Crippen MR) is 67.3 cm³/mol. The monoisotopic (exact) mass is 215 g/mol. The van der Waals surface area contributed by atoms with Gasteiger partial charge in [-0.15, -0.1) is 5.10 Å². The van der Waals surface area contributed by atoms with Crippen LogP contribution in [0.25, 0.3) is 17.1 Å². The summed E-state index contributed by atoms with van der Waals surface area (Å²) in [6.45, 7) is 7.18. The Kier molecular flexibility index (Phi) is 3.04. The Balaban J connectivity index is 2.57. The van der Waals surface area contributed by atoms with Crippen molar-refractivity contribution in [3.63, 3.8) is 0 Å². The number of rotatable bonds is 3. The molecule has 3 nitrogen and oxygen atoms in total. The highest BCUT2D eigenvalue weighted by Crippen LogP contribution is 2.20. The molecule has 16 heavy (non-hydrogen) atoms. The van der Waals surface area contributed by atoms with Gasteiger partial charge >= 0.3 is 0 Å². The Morgan fingerprint density at radius 1 is 1.31 bits per heavy atom. The number of nitrogens with zero attached hydrogens (tertiary/aromatic N) is 3. The van der Waals surface area contributed by atoms with Gasteiger partial charge in [0.2, 0.25) is 0 Å². The van der Waals surface area contributed by atoms with E-state index in [9.17, 15) is 0 Å². The van der Waals surface area contributed by atoms with E-state index >= 15 is 0 Å². The molecule has 0 bridgehead atoms. The van der Waals surface area contributed by atoms with Crippen molar-refractivity contribution in [2.45, 2.75) is 33.7 Å². The van der Waals surface area contributed by atoms with E-state index in [-0.39, 0.29) is 0 Å². The van der Waals surface area contributed by atoms with Crippen LogP contribution in [0.15, 0.2) is 18.2 Å². The number of aromatic nitrogens is 3. The van der Waals surface area contributed by atoms with E-state index in [4.69, 9.17) is 0 Å². The van der Waals surface area contributed by atoms with Crippen LogP contribution < -0.4 is 0 Å². The van der Waals surface area contributed by atoms with Crippen LogP contribution >= 0.6 is 0 Å². The summed E-state index contributed by atoms with van der Waals surface area (Å²) in [5.74, 6) is 0. The Labute approximate surface area is 95.8 Å². The van der Waals surface area contributed by atoms with Crippen molar-refractivity contribution in [2.75, 3.05) is 0 Å². The molecule has 0 unspecified atom stereocenters. The van der Waals surface area contributed by atoms with Gasteiger partial charge < -0.3 is 0 Å². The van der Waals surface area contributed by atoms with E-state index in [0.717, 1.165) is 24.0 Å². The predicted octanol–water partition coefficient (Wildman–Crippen LogP) is 3.18. The fraction of sp³-hybridized carbons (Fsp3) is 0.385. The molecule has 0 fully saturated rings. The Morgan fingerprint density at radius 2 is 2.12 bits per heavy atom. The summed E-state index contributed by atoms with van der Waals surface area (Å²) in [6.07, 6.45) is 5.37. The molecule has 0 amide bonds. The minimum absolute atomic E-state index is 0.861. The second kappa shape index (κ2) is 4.47. The largest absolute Gasteiger partial charge is 0.245 e. The molecule has 0 saturated heterocycles. The maximum atomic E-state index is 4.24. The first kappa shape index (κ1) is 10.9. The van der Waals surface area contributed by atoms with E-state index in [1.54, 1.807) is 0 Å². The average molecular weight is 215 g/mol. The highest BCUT2D eigenvalue weighted by molar-refractivity contribution is 5.82. The highest BCUT2D eigenvalue weighted by atomic mass is 15.4. The molecule has 0 radical (unpaired) electrons. The molecule has 0 aliphatic carbocycles. The zero-order valence-corrected chi connectivity index (χ0v) is 10.1. The second-order valence-corrected chi connectivity index (χ2v) is 3.86. The van der Waals surface area contributed by atoms with Crippen LogP contribution in [-0.4, -0.2) is 15.0 Å². The fourth-order valence-electron chi connectivity index (χ4n) is 1.84. The van der Waals surface area contributed by atoms with E-state index < -0.39 is 0 Å². The van der Waals surface area contributed by atoms with Crippen LogP contribution in [0, 0.1) is 6.92 Å². The van der Waals surface area contributed by atoms with Crippen molar-refractivity contribution < 1.29 is 0 Å². The van der Waals surface area contributed by atoms with Crippen LogP contribution in [0.2, 0.25) is 0 Å². The van der Waals surface area contributed by atoms with E-state index in [2.05, 4.69) is 55.4 Å². The van der Waals surface area contributed by atoms with Crippen molar-refractivity contribution in [2.24, 2.45) is 0 Å². The molecule has 1 aromatic carbocycles. The average Bonchev–Trinajstić information content (AvgIpc) is 2.72. The van der Waals surface area contributed by atoms with Crippen LogP contribution in [-0.2, 0) is 6.54 Å². The Hall–Kier alpha value is -1.64. The standard InChI is InChI=1S/C13H17N3/c1-4-6-7-11-8-9-12-13(10(11)3)14-15-16(12)5-2/h6-9H,4-5H2,1-3H3/b7-6+. The first-order valence-electron chi connectivity index (χ1n) is 5.77. The summed E-state index contributed by atoms with van der Waals surface area (Å²) in [6, 6.07) is 4.24. The molecule has 0 spiro atoms. The first-order chi connectivity index (χ1) is 7.77. The Bertz CT molecular complexity index is 523. The van der Waals surface area contributed by atoms with Gasteiger partial charge in [0.1, 0.15) is 5.52 Å². The fourth-order valence-corrected chi connectivity index (χ4v) is 1.84. The number of allylic oxidation sites excluding steroid dienone is 1. The van der Waals surface area contributed by atoms with Crippen molar-refractivity contribution in [1.29, 1.82) is 0 Å². The van der Waals surface area contributed by atoms with Gasteiger partial charge in [0.05, 0.1) is 5.52 Å². The molecule has 1 aromatic heterocycles. The maximum absolute atomic E-state index is 4.24. The SMILES string of the molecule is CC/C=C/c1ccc2c(nnn2CC)c1C. The number of aryl methyl sites for hydroxylation is 2. The number of fused-ring (bicyclic) bond motifs is 1. The summed E-state index contributed by atoms with van der Waals surface area (Å²) in [5.41, 5.74) is 4.58. The van der Waals surface area contributed by atoms with Crippen LogP contribution in [0.5, 0.6) is 0 Å². The molecule has 2 aromatic rings. The molecular weight excluding hydrogens is 198 g/mol. The third kappa shape index (κ3) is 1.73. The normalized spacial score (nSPS) is 11.7. The topological polar surface area (TPSA) is 30.7 Å². The lowest BCUT2D eigenvalue weighted by atomic mass is 10.1. The molecule has 0 aliphatic rings. The maximum Gasteiger partial charge on any atom is 0.116 e. The molecule has 0 N–H and O–H groups in total. The smallest absolute Gasteiger partial charge is 0.116 e. The van der Waals surface area contributed by atoms with Crippen molar-refractivity contribution >= 4 is 17.1 Å². The van der Waals surface area contributed by atoms with Gasteiger partial charge in [-0.1, -0.05) is 30.4 Å². The molecule has 0 aliphatic heterocycles. The minimum Gasteiger partial charge on any atom is -0.245 e. The zero-order chi connectivity index (χ0) is 11.5. The van der Waals surface area contributed by atoms with Gasteiger partial charge in [-0.3, -0.25) is 0 Å². The van der Waals surface area contributed by atoms with Gasteiger partial charge in [0.25, 0.3) is 0 Å². The molecule has 0 saturated carbocycles. The lowest BCUT2D eigenvalue weighted by Gasteiger charge is -2.02. The van der Waals surface area contributed by atoms with Gasteiger partial charge in [0.15, 0.2) is 0 Å². The van der Waals surface area contributed by atoms with Crippen LogP contribution in [0.1, 0.15) is 31.4 Å². The third-order valence-corrected chi connectivity index (χ3v) is 2.82. The number of hydrogen-bond acceptors (Lipinski definition) is 2. The lowest BCUT2D eigenvalue weighted by molar-refractivity contribution is 0.646. The van der Waals surface area contributed by atoms with Crippen molar-refractivity contribution in [1.82, 2.24) is 15.0 Å². The first-order valence-corrected chi connectivity index (χ1v) is 5.77. The van der Waals surface area contributed by atoms with Gasteiger partial charge in [0, 0.05) is 6.54 Å². The van der Waals surface area contributed by atoms with Crippen molar-refractivity contribution in [3.05, 3.63) is 29.3 Å². The number of hydrogen-bond donors (Lipinski definition) is 0. The summed E-state index contributed by atoms with van der Waals surface area (Å²) in [4.78, 5) is 0. The van der Waals surface area contributed by atoms with Gasteiger partial charge in [-0.2, -0.15) is 0 Å². The van der Waals surface area contributed by atoms with Gasteiger partial charge in [-0.05, 0) is 37.5 Å². The van der Waals surface area contributed by atoms with E-state index in [1.165, 1.54) is 11.1 Å². The van der Waals surface area contributed by atoms with E-state index in [0.29, 0.717) is 0 Å². The molecular formula is C13H17N3. The van der Waals surface area contributed by atoms with Crippen LogP contribution in [0.4, 0.5) is 0 Å². The molecule has 2 rings (SSSR count). The molecule has 84 valence electrons. The third-order valence-electron chi connectivity index (χ3n) is 2.82.